The van der Waals surface area contributed by atoms with Crippen molar-refractivity contribution in [3.8, 4) is 5.75 Å². The van der Waals surface area contributed by atoms with E-state index in [4.69, 9.17) is 9.47 Å². The highest BCUT2D eigenvalue weighted by Crippen LogP contribution is 2.23. The molecule has 0 aliphatic heterocycles. The number of hydrogen-bond acceptors (Lipinski definition) is 4. The number of aryl methyl sites for hydroxylation is 1. The normalized spacial score (nSPS) is 11.8. The van der Waals surface area contributed by atoms with Gasteiger partial charge in [-0.2, -0.15) is 0 Å². The molecule has 4 heteroatoms. The van der Waals surface area contributed by atoms with Gasteiger partial charge >= 0.3 is 5.97 Å². The van der Waals surface area contributed by atoms with Crippen LogP contribution in [0.3, 0.4) is 0 Å². The molecular formula is C23H31NO3. The van der Waals surface area contributed by atoms with Crippen LogP contribution < -0.4 is 4.74 Å². The van der Waals surface area contributed by atoms with E-state index in [1.165, 1.54) is 5.56 Å². The molecule has 0 fully saturated rings. The maximum atomic E-state index is 12.4. The van der Waals surface area contributed by atoms with Crippen molar-refractivity contribution in [2.24, 2.45) is 0 Å². The van der Waals surface area contributed by atoms with Crippen LogP contribution in [0, 0.1) is 0 Å². The first-order chi connectivity index (χ1) is 13.2. The van der Waals surface area contributed by atoms with Crippen LogP contribution in [0.1, 0.15) is 80.6 Å². The van der Waals surface area contributed by atoms with E-state index in [-0.39, 0.29) is 6.10 Å². The minimum Gasteiger partial charge on any atom is -0.492 e. The zero-order valence-corrected chi connectivity index (χ0v) is 16.7. The van der Waals surface area contributed by atoms with Crippen LogP contribution in [0.4, 0.5) is 0 Å². The van der Waals surface area contributed by atoms with E-state index in [0.29, 0.717) is 18.1 Å². The summed E-state index contributed by atoms with van der Waals surface area (Å²) in [4.78, 5) is 16.6. The van der Waals surface area contributed by atoms with Crippen LogP contribution in [0.15, 0.2) is 42.6 Å². The smallest absolute Gasteiger partial charge is 0.357 e. The van der Waals surface area contributed by atoms with Crippen LogP contribution in [0.25, 0.3) is 0 Å². The van der Waals surface area contributed by atoms with Crippen LogP contribution in [-0.2, 0) is 11.2 Å². The van der Waals surface area contributed by atoms with Crippen molar-refractivity contribution >= 4 is 5.97 Å². The number of carbonyl (C=O) groups is 1. The lowest BCUT2D eigenvalue weighted by molar-refractivity contribution is 0.0281. The maximum Gasteiger partial charge on any atom is 0.357 e. The lowest BCUT2D eigenvalue weighted by atomic mass is 10.0. The first kappa shape index (κ1) is 20.9. The average molecular weight is 370 g/mol. The zero-order chi connectivity index (χ0) is 19.5. The minimum absolute atomic E-state index is 0.264. The molecule has 1 unspecified atom stereocenters. The van der Waals surface area contributed by atoms with Gasteiger partial charge in [0.2, 0.25) is 0 Å². The summed E-state index contributed by atoms with van der Waals surface area (Å²) in [6, 6.07) is 11.8. The standard InChI is InChI=1S/C23H31NO3/c1-4-7-8-16-26-20-14-15-21(24-17-20)23(25)27-22(6-3)19-12-10-18(9-5-2)11-13-19/h10-15,17,22H,4-9,16H2,1-3H3. The lowest BCUT2D eigenvalue weighted by Gasteiger charge is -2.17. The molecule has 1 aromatic heterocycles. The Bertz CT molecular complexity index is 680. The summed E-state index contributed by atoms with van der Waals surface area (Å²) >= 11 is 0. The Morgan fingerprint density at radius 1 is 1.00 bits per heavy atom. The van der Waals surface area contributed by atoms with Gasteiger partial charge in [-0.25, -0.2) is 9.78 Å². The Balaban J connectivity index is 1.93. The predicted molar refractivity (Wildman–Crippen MR) is 108 cm³/mol. The predicted octanol–water partition coefficient (Wildman–Crippen LogP) is 5.91. The first-order valence-corrected chi connectivity index (χ1v) is 10.1. The van der Waals surface area contributed by atoms with Crippen molar-refractivity contribution < 1.29 is 14.3 Å². The van der Waals surface area contributed by atoms with E-state index in [0.717, 1.165) is 44.1 Å². The average Bonchev–Trinajstić information content (AvgIpc) is 2.70. The molecule has 2 rings (SSSR count). The number of ether oxygens (including phenoxy) is 2. The molecule has 1 atom stereocenters. The van der Waals surface area contributed by atoms with Gasteiger partial charge in [-0.05, 0) is 42.5 Å². The molecule has 4 nitrogen and oxygen atoms in total. The number of nitrogens with zero attached hydrogens (tertiary/aromatic N) is 1. The summed E-state index contributed by atoms with van der Waals surface area (Å²) < 4.78 is 11.3. The largest absolute Gasteiger partial charge is 0.492 e. The van der Waals surface area contributed by atoms with Crippen molar-refractivity contribution in [3.05, 3.63) is 59.4 Å². The van der Waals surface area contributed by atoms with Crippen LogP contribution in [-0.4, -0.2) is 17.6 Å². The van der Waals surface area contributed by atoms with Gasteiger partial charge in [0.1, 0.15) is 17.5 Å². The van der Waals surface area contributed by atoms with Gasteiger partial charge in [-0.15, -0.1) is 0 Å². The molecule has 0 aliphatic rings. The highest BCUT2D eigenvalue weighted by Gasteiger charge is 2.17. The SMILES string of the molecule is CCCCCOc1ccc(C(=O)OC(CC)c2ccc(CCC)cc2)nc1. The number of hydrogen-bond donors (Lipinski definition) is 0. The van der Waals surface area contributed by atoms with Gasteiger partial charge in [-0.3, -0.25) is 0 Å². The lowest BCUT2D eigenvalue weighted by Crippen LogP contribution is -2.12. The first-order valence-electron chi connectivity index (χ1n) is 10.1. The van der Waals surface area contributed by atoms with Crippen molar-refractivity contribution in [1.29, 1.82) is 0 Å². The van der Waals surface area contributed by atoms with E-state index < -0.39 is 5.97 Å². The Morgan fingerprint density at radius 2 is 1.78 bits per heavy atom. The Hall–Kier alpha value is -2.36. The van der Waals surface area contributed by atoms with Crippen molar-refractivity contribution in [2.45, 2.75) is 65.4 Å². The minimum atomic E-state index is -0.406. The molecular weight excluding hydrogens is 338 g/mol. The third kappa shape index (κ3) is 6.70. The van der Waals surface area contributed by atoms with E-state index in [9.17, 15) is 4.79 Å². The molecule has 0 aliphatic carbocycles. The van der Waals surface area contributed by atoms with Gasteiger partial charge in [0.15, 0.2) is 0 Å². The maximum absolute atomic E-state index is 12.4. The fourth-order valence-electron chi connectivity index (χ4n) is 2.89. The molecule has 0 N–H and O–H groups in total. The number of rotatable bonds is 11. The van der Waals surface area contributed by atoms with Gasteiger partial charge in [-0.1, -0.05) is 64.3 Å². The molecule has 2 aromatic rings. The highest BCUT2D eigenvalue weighted by molar-refractivity contribution is 5.87. The molecule has 0 saturated carbocycles. The second-order valence-corrected chi connectivity index (χ2v) is 6.73. The van der Waals surface area contributed by atoms with Gasteiger partial charge in [0.05, 0.1) is 12.8 Å². The summed E-state index contributed by atoms with van der Waals surface area (Å²) in [6.07, 6.45) is 7.56. The highest BCUT2D eigenvalue weighted by atomic mass is 16.5. The molecule has 0 spiro atoms. The van der Waals surface area contributed by atoms with E-state index in [2.05, 4.69) is 31.0 Å². The monoisotopic (exact) mass is 369 g/mol. The Morgan fingerprint density at radius 3 is 2.37 bits per heavy atom. The molecule has 1 heterocycles. The van der Waals surface area contributed by atoms with Crippen LogP contribution in [0.2, 0.25) is 0 Å². The molecule has 0 saturated heterocycles. The van der Waals surface area contributed by atoms with E-state index in [1.807, 2.05) is 19.1 Å². The number of carbonyl (C=O) groups excluding carboxylic acids is 1. The fourth-order valence-corrected chi connectivity index (χ4v) is 2.89. The molecule has 146 valence electrons. The molecule has 1 aromatic carbocycles. The summed E-state index contributed by atoms with van der Waals surface area (Å²) in [6.45, 7) is 7.01. The number of aromatic nitrogens is 1. The molecule has 27 heavy (non-hydrogen) atoms. The number of benzene rings is 1. The summed E-state index contributed by atoms with van der Waals surface area (Å²) in [7, 11) is 0. The van der Waals surface area contributed by atoms with Crippen LogP contribution >= 0.6 is 0 Å². The van der Waals surface area contributed by atoms with Crippen LogP contribution in [0.5, 0.6) is 5.75 Å². The van der Waals surface area contributed by atoms with Crippen molar-refractivity contribution in [3.63, 3.8) is 0 Å². The molecule has 0 bridgehead atoms. The summed E-state index contributed by atoms with van der Waals surface area (Å²) in [5.74, 6) is 0.276. The number of unbranched alkanes of at least 4 members (excludes halogenated alkanes) is 2. The third-order valence-electron chi connectivity index (χ3n) is 4.47. The number of pyridine rings is 1. The topological polar surface area (TPSA) is 48.4 Å². The van der Waals surface area contributed by atoms with Crippen molar-refractivity contribution in [1.82, 2.24) is 4.98 Å². The Kier molecular flexibility index (Phi) is 8.82. The zero-order valence-electron chi connectivity index (χ0n) is 16.7. The van der Waals surface area contributed by atoms with E-state index in [1.54, 1.807) is 18.3 Å². The summed E-state index contributed by atoms with van der Waals surface area (Å²) in [5.41, 5.74) is 2.62. The number of esters is 1. The second kappa shape index (κ2) is 11.4. The van der Waals surface area contributed by atoms with Gasteiger partial charge in [0.25, 0.3) is 0 Å². The quantitative estimate of drug-likeness (QED) is 0.365. The molecule has 0 amide bonds. The Labute approximate surface area is 162 Å². The third-order valence-corrected chi connectivity index (χ3v) is 4.47. The molecule has 0 radical (unpaired) electrons. The second-order valence-electron chi connectivity index (χ2n) is 6.73. The summed E-state index contributed by atoms with van der Waals surface area (Å²) in [5, 5.41) is 0. The van der Waals surface area contributed by atoms with Crippen molar-refractivity contribution in [2.75, 3.05) is 6.61 Å². The van der Waals surface area contributed by atoms with Gasteiger partial charge in [0, 0.05) is 0 Å². The van der Waals surface area contributed by atoms with Gasteiger partial charge < -0.3 is 9.47 Å². The van der Waals surface area contributed by atoms with E-state index >= 15 is 0 Å². The fraction of sp³-hybridized carbons (Fsp3) is 0.478.